The van der Waals surface area contributed by atoms with Gasteiger partial charge in [-0.05, 0) is 12.1 Å². The maximum atomic E-state index is 5.76. The van der Waals surface area contributed by atoms with Gasteiger partial charge in [0.15, 0.2) is 11.6 Å². The lowest BCUT2D eigenvalue weighted by atomic mass is 10.2. The van der Waals surface area contributed by atoms with E-state index in [1.54, 1.807) is 17.1 Å². The van der Waals surface area contributed by atoms with Gasteiger partial charge >= 0.3 is 0 Å². The van der Waals surface area contributed by atoms with Crippen LogP contribution in [0.1, 0.15) is 0 Å². The first-order valence-corrected chi connectivity index (χ1v) is 5.76. The zero-order valence-electron chi connectivity index (χ0n) is 9.73. The molecule has 3 aromatic rings. The van der Waals surface area contributed by atoms with Crippen molar-refractivity contribution in [3.05, 3.63) is 73.1 Å². The smallest absolute Gasteiger partial charge is 0.176 e. The van der Waals surface area contributed by atoms with Gasteiger partial charge in [0.05, 0.1) is 6.20 Å². The van der Waals surface area contributed by atoms with Gasteiger partial charge in [-0.3, -0.25) is 0 Å². The van der Waals surface area contributed by atoms with Crippen LogP contribution in [0, 0.1) is 0 Å². The number of hydrogen-bond donors (Lipinski definition) is 0. The summed E-state index contributed by atoms with van der Waals surface area (Å²) in [6, 6.07) is 19.6. The highest BCUT2D eigenvalue weighted by Crippen LogP contribution is 2.18. The molecular weight excluding hydrogens is 224 g/mol. The van der Waals surface area contributed by atoms with E-state index in [0.29, 0.717) is 0 Å². The molecule has 18 heavy (non-hydrogen) atoms. The van der Waals surface area contributed by atoms with Gasteiger partial charge < -0.3 is 4.84 Å². The van der Waals surface area contributed by atoms with Crippen LogP contribution in [0.3, 0.4) is 0 Å². The average Bonchev–Trinajstić information content (AvgIpc) is 2.89. The van der Waals surface area contributed by atoms with Crippen LogP contribution < -0.4 is 4.84 Å². The Balaban J connectivity index is 1.93. The zero-order chi connectivity index (χ0) is 12.2. The molecule has 3 rings (SSSR count). The Morgan fingerprint density at radius 1 is 0.833 bits per heavy atom. The maximum Gasteiger partial charge on any atom is 0.176 e. The Kier molecular flexibility index (Phi) is 2.80. The molecule has 0 amide bonds. The van der Waals surface area contributed by atoms with E-state index in [1.165, 1.54) is 0 Å². The van der Waals surface area contributed by atoms with Gasteiger partial charge in [-0.2, -0.15) is 4.73 Å². The lowest BCUT2D eigenvalue weighted by Crippen LogP contribution is -2.05. The summed E-state index contributed by atoms with van der Waals surface area (Å²) in [6.45, 7) is 0. The average molecular weight is 236 g/mol. The number of para-hydroxylation sites is 1. The van der Waals surface area contributed by atoms with Crippen LogP contribution in [0.4, 0.5) is 0 Å². The minimum absolute atomic E-state index is 0.785. The molecule has 0 bridgehead atoms. The number of aromatic nitrogens is 2. The van der Waals surface area contributed by atoms with Gasteiger partial charge in [0, 0.05) is 11.8 Å². The standard InChI is InChI=1S/C15H12N2O/c1-3-7-13(8-4-1)15-16-11-12-17(15)18-14-9-5-2-6-10-14/h1-12H. The first-order valence-electron chi connectivity index (χ1n) is 5.76. The predicted molar refractivity (Wildman–Crippen MR) is 70.1 cm³/mol. The Labute approximate surface area is 105 Å². The van der Waals surface area contributed by atoms with Crippen molar-refractivity contribution >= 4 is 0 Å². The van der Waals surface area contributed by atoms with Gasteiger partial charge in [0.2, 0.25) is 0 Å². The molecule has 0 N–H and O–H groups in total. The molecule has 88 valence electrons. The Hall–Kier alpha value is -2.55. The molecule has 1 aromatic heterocycles. The fourth-order valence-corrected chi connectivity index (χ4v) is 1.75. The Morgan fingerprint density at radius 3 is 2.22 bits per heavy atom. The van der Waals surface area contributed by atoms with E-state index < -0.39 is 0 Å². The normalized spacial score (nSPS) is 10.2. The number of imidazole rings is 1. The molecule has 0 saturated heterocycles. The molecule has 0 atom stereocenters. The first kappa shape index (κ1) is 10.6. The summed E-state index contributed by atoms with van der Waals surface area (Å²) < 4.78 is 1.67. The van der Waals surface area contributed by atoms with Crippen molar-refractivity contribution in [1.29, 1.82) is 0 Å². The van der Waals surface area contributed by atoms with Crippen molar-refractivity contribution in [3.8, 4) is 17.1 Å². The molecule has 3 nitrogen and oxygen atoms in total. The number of hydrogen-bond acceptors (Lipinski definition) is 2. The summed E-state index contributed by atoms with van der Waals surface area (Å²) in [5.74, 6) is 1.58. The highest BCUT2D eigenvalue weighted by atomic mass is 16.7. The van der Waals surface area contributed by atoms with Gasteiger partial charge in [0.25, 0.3) is 0 Å². The van der Waals surface area contributed by atoms with Crippen molar-refractivity contribution in [1.82, 2.24) is 9.71 Å². The van der Waals surface area contributed by atoms with Crippen LogP contribution in [-0.2, 0) is 0 Å². The number of benzene rings is 2. The van der Waals surface area contributed by atoms with Crippen molar-refractivity contribution in [3.63, 3.8) is 0 Å². The van der Waals surface area contributed by atoms with Crippen LogP contribution >= 0.6 is 0 Å². The second-order valence-corrected chi connectivity index (χ2v) is 3.85. The molecule has 1 heterocycles. The van der Waals surface area contributed by atoms with E-state index in [-0.39, 0.29) is 0 Å². The van der Waals surface area contributed by atoms with Crippen molar-refractivity contribution in [2.24, 2.45) is 0 Å². The molecule has 0 fully saturated rings. The van der Waals surface area contributed by atoms with E-state index in [0.717, 1.165) is 17.1 Å². The third kappa shape index (κ3) is 2.11. The van der Waals surface area contributed by atoms with Crippen LogP contribution in [0.15, 0.2) is 73.1 Å². The molecule has 0 aliphatic carbocycles. The maximum absolute atomic E-state index is 5.76. The van der Waals surface area contributed by atoms with Crippen LogP contribution in [0.2, 0.25) is 0 Å². The van der Waals surface area contributed by atoms with Gasteiger partial charge in [0.1, 0.15) is 0 Å². The van der Waals surface area contributed by atoms with E-state index in [9.17, 15) is 0 Å². The van der Waals surface area contributed by atoms with Gasteiger partial charge in [-0.1, -0.05) is 48.5 Å². The van der Waals surface area contributed by atoms with E-state index >= 15 is 0 Å². The third-order valence-electron chi connectivity index (χ3n) is 2.59. The summed E-state index contributed by atoms with van der Waals surface area (Å²) in [4.78, 5) is 10.1. The minimum atomic E-state index is 0.785. The Bertz CT molecular complexity index is 617. The van der Waals surface area contributed by atoms with Crippen LogP contribution in [0.5, 0.6) is 5.75 Å². The summed E-state index contributed by atoms with van der Waals surface area (Å²) >= 11 is 0. The van der Waals surface area contributed by atoms with Crippen LogP contribution in [0.25, 0.3) is 11.4 Å². The molecule has 0 aliphatic rings. The zero-order valence-corrected chi connectivity index (χ0v) is 9.73. The molecule has 0 unspecified atom stereocenters. The first-order chi connectivity index (χ1) is 8.93. The summed E-state index contributed by atoms with van der Waals surface area (Å²) in [7, 11) is 0. The van der Waals surface area contributed by atoms with E-state index in [1.807, 2.05) is 60.7 Å². The molecular formula is C15H12N2O. The fraction of sp³-hybridized carbons (Fsp3) is 0. The second kappa shape index (κ2) is 4.75. The lowest BCUT2D eigenvalue weighted by molar-refractivity contribution is 0.220. The molecule has 2 aromatic carbocycles. The third-order valence-corrected chi connectivity index (χ3v) is 2.59. The molecule has 0 spiro atoms. The highest BCUT2D eigenvalue weighted by molar-refractivity contribution is 5.54. The van der Waals surface area contributed by atoms with Gasteiger partial charge in [-0.25, -0.2) is 4.98 Å². The second-order valence-electron chi connectivity index (χ2n) is 3.85. The van der Waals surface area contributed by atoms with E-state index in [2.05, 4.69) is 4.98 Å². The topological polar surface area (TPSA) is 27.1 Å². The fourth-order valence-electron chi connectivity index (χ4n) is 1.75. The molecule has 3 heteroatoms. The van der Waals surface area contributed by atoms with Gasteiger partial charge in [-0.15, -0.1) is 0 Å². The molecule has 0 aliphatic heterocycles. The number of rotatable bonds is 3. The quantitative estimate of drug-likeness (QED) is 0.697. The summed E-state index contributed by atoms with van der Waals surface area (Å²) in [6.07, 6.45) is 3.53. The number of nitrogens with zero attached hydrogens (tertiary/aromatic N) is 2. The highest BCUT2D eigenvalue weighted by Gasteiger charge is 2.06. The molecule has 0 saturated carbocycles. The summed E-state index contributed by atoms with van der Waals surface area (Å²) in [5, 5.41) is 0. The predicted octanol–water partition coefficient (Wildman–Crippen LogP) is 3.39. The minimum Gasteiger partial charge on any atom is -0.374 e. The molecule has 0 radical (unpaired) electrons. The van der Waals surface area contributed by atoms with E-state index in [4.69, 9.17) is 4.84 Å². The largest absolute Gasteiger partial charge is 0.374 e. The summed E-state index contributed by atoms with van der Waals surface area (Å²) in [5.41, 5.74) is 1.03. The monoisotopic (exact) mass is 236 g/mol. The Morgan fingerprint density at radius 2 is 1.50 bits per heavy atom. The van der Waals surface area contributed by atoms with Crippen molar-refractivity contribution < 1.29 is 4.84 Å². The van der Waals surface area contributed by atoms with Crippen molar-refractivity contribution in [2.75, 3.05) is 0 Å². The SMILES string of the molecule is c1ccc(On2ccnc2-c2ccccc2)cc1. The van der Waals surface area contributed by atoms with Crippen LogP contribution in [-0.4, -0.2) is 9.71 Å². The van der Waals surface area contributed by atoms with Crippen molar-refractivity contribution in [2.45, 2.75) is 0 Å². The lowest BCUT2D eigenvalue weighted by Gasteiger charge is -2.08.